The lowest BCUT2D eigenvalue weighted by atomic mass is 10.1. The Labute approximate surface area is 210 Å². The highest BCUT2D eigenvalue weighted by Gasteiger charge is 2.13. The van der Waals surface area contributed by atoms with E-state index in [4.69, 9.17) is 14.2 Å². The van der Waals surface area contributed by atoms with Gasteiger partial charge in [0.15, 0.2) is 0 Å². The second kappa shape index (κ2) is 11.6. The van der Waals surface area contributed by atoms with E-state index in [0.29, 0.717) is 29.4 Å². The van der Waals surface area contributed by atoms with Crippen LogP contribution in [0.25, 0.3) is 16.8 Å². The van der Waals surface area contributed by atoms with Crippen molar-refractivity contribution in [1.29, 1.82) is 5.26 Å². The van der Waals surface area contributed by atoms with Crippen LogP contribution in [0.5, 0.6) is 17.2 Å². The number of fused-ring (bicyclic) bond motifs is 1. The fourth-order valence-corrected chi connectivity index (χ4v) is 3.79. The zero-order valence-electron chi connectivity index (χ0n) is 20.2. The molecule has 0 heterocycles. The lowest BCUT2D eigenvalue weighted by Crippen LogP contribution is -2.24. The van der Waals surface area contributed by atoms with Gasteiger partial charge >= 0.3 is 0 Å². The van der Waals surface area contributed by atoms with Gasteiger partial charge in [-0.1, -0.05) is 54.6 Å². The van der Waals surface area contributed by atoms with Gasteiger partial charge in [0, 0.05) is 23.7 Å². The number of nitrogens with zero attached hydrogens (tertiary/aromatic N) is 1. The first-order chi connectivity index (χ1) is 17.6. The highest BCUT2D eigenvalue weighted by molar-refractivity contribution is 6.02. The van der Waals surface area contributed by atoms with Crippen LogP contribution in [0.3, 0.4) is 0 Å². The molecular weight excluding hydrogens is 452 g/mol. The standard InChI is InChI=1S/C30H26N2O4/c1-34-27-14-13-25(29(17-27)35-2)19-32-30(33)26(18-31)16-24-9-5-6-10-28(24)36-20-21-11-12-22-7-3-4-8-23(22)15-21/h3-17H,19-20H2,1-2H3,(H,32,33)/b26-16+. The third-order valence-corrected chi connectivity index (χ3v) is 5.73. The summed E-state index contributed by atoms with van der Waals surface area (Å²) >= 11 is 0. The Bertz CT molecular complexity index is 1450. The Morgan fingerprint density at radius 3 is 2.44 bits per heavy atom. The molecular formula is C30H26N2O4. The lowest BCUT2D eigenvalue weighted by Gasteiger charge is -2.12. The number of ether oxygens (including phenoxy) is 3. The Hall–Kier alpha value is -4.76. The van der Waals surface area contributed by atoms with Crippen LogP contribution in [0.4, 0.5) is 0 Å². The lowest BCUT2D eigenvalue weighted by molar-refractivity contribution is -0.117. The van der Waals surface area contributed by atoms with E-state index in [9.17, 15) is 10.1 Å². The van der Waals surface area contributed by atoms with Crippen molar-refractivity contribution in [3.8, 4) is 23.3 Å². The Morgan fingerprint density at radius 2 is 1.67 bits per heavy atom. The molecule has 4 rings (SSSR count). The third kappa shape index (κ3) is 5.83. The number of rotatable bonds is 9. The Kier molecular flexibility index (Phi) is 7.84. The van der Waals surface area contributed by atoms with Crippen molar-refractivity contribution in [2.45, 2.75) is 13.2 Å². The van der Waals surface area contributed by atoms with Crippen molar-refractivity contribution < 1.29 is 19.0 Å². The second-order valence-electron chi connectivity index (χ2n) is 8.04. The van der Waals surface area contributed by atoms with Crippen LogP contribution in [0.15, 0.2) is 90.5 Å². The highest BCUT2D eigenvalue weighted by atomic mass is 16.5. The topological polar surface area (TPSA) is 80.6 Å². The van der Waals surface area contributed by atoms with Crippen LogP contribution in [0, 0.1) is 11.3 Å². The van der Waals surface area contributed by atoms with Crippen LogP contribution < -0.4 is 19.5 Å². The van der Waals surface area contributed by atoms with Crippen LogP contribution in [-0.2, 0) is 17.9 Å². The van der Waals surface area contributed by atoms with E-state index in [1.165, 1.54) is 11.5 Å². The van der Waals surface area contributed by atoms with Crippen LogP contribution in [0.2, 0.25) is 0 Å². The van der Waals surface area contributed by atoms with Crippen LogP contribution in [0.1, 0.15) is 16.7 Å². The van der Waals surface area contributed by atoms with Gasteiger partial charge < -0.3 is 19.5 Å². The summed E-state index contributed by atoms with van der Waals surface area (Å²) in [5.74, 6) is 1.34. The van der Waals surface area contributed by atoms with Gasteiger partial charge in [0.05, 0.1) is 14.2 Å². The number of carbonyl (C=O) groups is 1. The largest absolute Gasteiger partial charge is 0.497 e. The van der Waals surface area contributed by atoms with E-state index in [2.05, 4.69) is 29.6 Å². The minimum Gasteiger partial charge on any atom is -0.497 e. The van der Waals surface area contributed by atoms with E-state index >= 15 is 0 Å². The molecule has 1 amide bonds. The maximum Gasteiger partial charge on any atom is 0.262 e. The fourth-order valence-electron chi connectivity index (χ4n) is 3.79. The zero-order chi connectivity index (χ0) is 25.3. The molecule has 4 aromatic rings. The second-order valence-corrected chi connectivity index (χ2v) is 8.04. The molecule has 0 saturated carbocycles. The number of para-hydroxylation sites is 1. The van der Waals surface area contributed by atoms with Crippen molar-refractivity contribution in [1.82, 2.24) is 5.32 Å². The average Bonchev–Trinajstić information content (AvgIpc) is 2.93. The zero-order valence-corrected chi connectivity index (χ0v) is 20.2. The molecule has 0 fully saturated rings. The third-order valence-electron chi connectivity index (χ3n) is 5.73. The summed E-state index contributed by atoms with van der Waals surface area (Å²) in [5, 5.41) is 14.8. The number of hydrogen-bond donors (Lipinski definition) is 1. The Balaban J connectivity index is 1.47. The number of amides is 1. The van der Waals surface area contributed by atoms with Crippen molar-refractivity contribution in [3.63, 3.8) is 0 Å². The molecule has 6 heteroatoms. The van der Waals surface area contributed by atoms with Crippen molar-refractivity contribution >= 4 is 22.8 Å². The number of methoxy groups -OCH3 is 2. The molecule has 0 aliphatic carbocycles. The summed E-state index contributed by atoms with van der Waals surface area (Å²) in [6.45, 7) is 0.562. The van der Waals surface area contributed by atoms with Gasteiger partial charge in [-0.15, -0.1) is 0 Å². The molecule has 0 radical (unpaired) electrons. The molecule has 1 N–H and O–H groups in total. The summed E-state index contributed by atoms with van der Waals surface area (Å²) in [6, 6.07) is 29.0. The van der Waals surface area contributed by atoms with Gasteiger partial charge in [0.2, 0.25) is 0 Å². The van der Waals surface area contributed by atoms with Crippen molar-refractivity contribution in [3.05, 3.63) is 107 Å². The maximum absolute atomic E-state index is 12.8. The van der Waals surface area contributed by atoms with E-state index < -0.39 is 5.91 Å². The molecule has 0 spiro atoms. The smallest absolute Gasteiger partial charge is 0.262 e. The molecule has 0 aromatic heterocycles. The molecule has 0 aliphatic heterocycles. The van der Waals surface area contributed by atoms with Gasteiger partial charge in [-0.25, -0.2) is 0 Å². The molecule has 6 nitrogen and oxygen atoms in total. The number of hydrogen-bond acceptors (Lipinski definition) is 5. The minimum absolute atomic E-state index is 0.0239. The van der Waals surface area contributed by atoms with Gasteiger partial charge in [-0.3, -0.25) is 4.79 Å². The van der Waals surface area contributed by atoms with E-state index in [1.54, 1.807) is 26.4 Å². The normalized spacial score (nSPS) is 11.0. The molecule has 0 aliphatic rings. The first kappa shape index (κ1) is 24.4. The molecule has 4 aromatic carbocycles. The minimum atomic E-state index is -0.486. The summed E-state index contributed by atoms with van der Waals surface area (Å²) in [4.78, 5) is 12.8. The maximum atomic E-state index is 12.8. The van der Waals surface area contributed by atoms with Gasteiger partial charge in [-0.2, -0.15) is 5.26 Å². The first-order valence-corrected chi connectivity index (χ1v) is 11.4. The molecule has 0 saturated heterocycles. The van der Waals surface area contributed by atoms with Crippen molar-refractivity contribution in [2.75, 3.05) is 14.2 Å². The quantitative estimate of drug-likeness (QED) is 0.248. The summed E-state index contributed by atoms with van der Waals surface area (Å²) < 4.78 is 16.6. The van der Waals surface area contributed by atoms with Crippen LogP contribution in [-0.4, -0.2) is 20.1 Å². The van der Waals surface area contributed by atoms with Gasteiger partial charge in [0.1, 0.15) is 35.5 Å². The van der Waals surface area contributed by atoms with Gasteiger partial charge in [0.25, 0.3) is 5.91 Å². The number of carbonyl (C=O) groups excluding carboxylic acids is 1. The first-order valence-electron chi connectivity index (χ1n) is 11.4. The predicted molar refractivity (Wildman–Crippen MR) is 140 cm³/mol. The number of nitrogens with one attached hydrogen (secondary N) is 1. The average molecular weight is 479 g/mol. The summed E-state index contributed by atoms with van der Waals surface area (Å²) in [5.41, 5.74) is 2.42. The molecule has 0 bridgehead atoms. The summed E-state index contributed by atoms with van der Waals surface area (Å²) in [7, 11) is 3.12. The number of nitriles is 1. The van der Waals surface area contributed by atoms with E-state index in [-0.39, 0.29) is 12.1 Å². The van der Waals surface area contributed by atoms with Crippen LogP contribution >= 0.6 is 0 Å². The van der Waals surface area contributed by atoms with E-state index in [1.807, 2.05) is 54.6 Å². The SMILES string of the molecule is COc1ccc(CNC(=O)/C(C#N)=C/c2ccccc2OCc2ccc3ccccc3c2)c(OC)c1. The molecule has 0 atom stereocenters. The summed E-state index contributed by atoms with van der Waals surface area (Å²) in [6.07, 6.45) is 1.54. The monoisotopic (exact) mass is 478 g/mol. The molecule has 180 valence electrons. The van der Waals surface area contributed by atoms with E-state index in [0.717, 1.165) is 16.5 Å². The number of benzene rings is 4. The molecule has 0 unspecified atom stereocenters. The van der Waals surface area contributed by atoms with Gasteiger partial charge in [-0.05, 0) is 46.7 Å². The predicted octanol–water partition coefficient (Wildman–Crippen LogP) is 5.66. The molecule has 36 heavy (non-hydrogen) atoms. The highest BCUT2D eigenvalue weighted by Crippen LogP contribution is 2.25. The fraction of sp³-hybridized carbons (Fsp3) is 0.133. The van der Waals surface area contributed by atoms with Crippen molar-refractivity contribution in [2.24, 2.45) is 0 Å². The Morgan fingerprint density at radius 1 is 0.889 bits per heavy atom.